The van der Waals surface area contributed by atoms with E-state index in [4.69, 9.17) is 10.5 Å². The Morgan fingerprint density at radius 1 is 1.26 bits per heavy atom. The smallest absolute Gasteiger partial charge is 0.323 e. The van der Waals surface area contributed by atoms with E-state index in [1.165, 1.54) is 4.68 Å². The van der Waals surface area contributed by atoms with Gasteiger partial charge in [-0.25, -0.2) is 4.68 Å². The maximum atomic E-state index is 5.66. The van der Waals surface area contributed by atoms with Gasteiger partial charge in [0.1, 0.15) is 0 Å². The van der Waals surface area contributed by atoms with Crippen molar-refractivity contribution in [2.45, 2.75) is 33.3 Å². The van der Waals surface area contributed by atoms with Crippen LogP contribution in [0.4, 0.5) is 5.95 Å². The molecule has 7 heteroatoms. The molecule has 19 heavy (non-hydrogen) atoms. The minimum absolute atomic E-state index is 0.0206. The van der Waals surface area contributed by atoms with E-state index in [0.29, 0.717) is 11.9 Å². The van der Waals surface area contributed by atoms with Gasteiger partial charge in [-0.05, 0) is 25.3 Å². The van der Waals surface area contributed by atoms with Crippen LogP contribution in [0.2, 0.25) is 0 Å². The molecule has 2 aromatic rings. The molecule has 0 spiro atoms. The van der Waals surface area contributed by atoms with Crippen LogP contribution in [-0.2, 0) is 0 Å². The molecule has 0 aliphatic heterocycles. The summed E-state index contributed by atoms with van der Waals surface area (Å²) in [5.41, 5.74) is 5.66. The van der Waals surface area contributed by atoms with Gasteiger partial charge in [0.2, 0.25) is 5.95 Å². The molecule has 0 fully saturated rings. The number of anilines is 1. The summed E-state index contributed by atoms with van der Waals surface area (Å²) in [6.07, 6.45) is 4.31. The molecule has 2 aromatic heterocycles. The number of nitrogens with two attached hydrogens (primary N) is 1. The molecular formula is C12H18N6O. The lowest BCUT2D eigenvalue weighted by molar-refractivity contribution is 0.177. The molecule has 0 saturated carbocycles. The monoisotopic (exact) mass is 262 g/mol. The summed E-state index contributed by atoms with van der Waals surface area (Å²) in [6.45, 7) is 6.25. The maximum Gasteiger partial charge on any atom is 0.323 e. The van der Waals surface area contributed by atoms with Crippen LogP contribution in [0.5, 0.6) is 6.01 Å². The molecule has 1 unspecified atom stereocenters. The van der Waals surface area contributed by atoms with Gasteiger partial charge in [-0.3, -0.25) is 0 Å². The Balaban J connectivity index is 2.18. The van der Waals surface area contributed by atoms with Crippen molar-refractivity contribution < 1.29 is 4.74 Å². The fourth-order valence-electron chi connectivity index (χ4n) is 1.80. The number of hydrogen-bond donors (Lipinski definition) is 1. The third-order valence-electron chi connectivity index (χ3n) is 2.44. The first-order valence-electron chi connectivity index (χ1n) is 6.23. The predicted molar refractivity (Wildman–Crippen MR) is 70.9 cm³/mol. The molecule has 102 valence electrons. The van der Waals surface area contributed by atoms with Crippen molar-refractivity contribution in [2.24, 2.45) is 5.92 Å². The Morgan fingerprint density at radius 2 is 2.05 bits per heavy atom. The third kappa shape index (κ3) is 3.64. The molecular weight excluding hydrogens is 244 g/mol. The third-order valence-corrected chi connectivity index (χ3v) is 2.44. The Kier molecular flexibility index (Phi) is 3.94. The summed E-state index contributed by atoms with van der Waals surface area (Å²) in [5, 5.41) is 4.05. The van der Waals surface area contributed by atoms with E-state index in [0.717, 1.165) is 6.42 Å². The van der Waals surface area contributed by atoms with Gasteiger partial charge in [-0.1, -0.05) is 13.8 Å². The van der Waals surface area contributed by atoms with Crippen molar-refractivity contribution in [3.8, 4) is 12.0 Å². The Morgan fingerprint density at radius 3 is 2.68 bits per heavy atom. The lowest BCUT2D eigenvalue weighted by Crippen LogP contribution is -2.17. The fraction of sp³-hybridized carbons (Fsp3) is 0.500. The van der Waals surface area contributed by atoms with Gasteiger partial charge in [0, 0.05) is 12.4 Å². The number of nitrogen functional groups attached to an aromatic ring is 1. The zero-order chi connectivity index (χ0) is 13.8. The van der Waals surface area contributed by atoms with Gasteiger partial charge in [0.25, 0.3) is 5.95 Å². The zero-order valence-corrected chi connectivity index (χ0v) is 11.3. The van der Waals surface area contributed by atoms with Crippen LogP contribution in [0.1, 0.15) is 27.2 Å². The number of hydrogen-bond acceptors (Lipinski definition) is 6. The average molecular weight is 262 g/mol. The minimum atomic E-state index is 0.0206. The summed E-state index contributed by atoms with van der Waals surface area (Å²) < 4.78 is 7.17. The number of ether oxygens (including phenoxy) is 1. The standard InChI is InChI=1S/C12H18N6O/c1-8(2)7-9(3)19-12-16-10(13)15-11(17-12)18-6-4-5-14-18/h4-6,8-9H,7H2,1-3H3,(H2,13,15,16,17). The van der Waals surface area contributed by atoms with Crippen molar-refractivity contribution in [1.82, 2.24) is 24.7 Å². The van der Waals surface area contributed by atoms with Gasteiger partial charge in [0.15, 0.2) is 0 Å². The van der Waals surface area contributed by atoms with E-state index < -0.39 is 0 Å². The van der Waals surface area contributed by atoms with Crippen LogP contribution in [0.3, 0.4) is 0 Å². The highest BCUT2D eigenvalue weighted by Crippen LogP contribution is 2.13. The van der Waals surface area contributed by atoms with Gasteiger partial charge in [0.05, 0.1) is 6.10 Å². The Labute approximate surface area is 111 Å². The fourth-order valence-corrected chi connectivity index (χ4v) is 1.80. The first kappa shape index (κ1) is 13.3. The second-order valence-electron chi connectivity index (χ2n) is 4.78. The number of rotatable bonds is 5. The molecule has 2 rings (SSSR count). The van der Waals surface area contributed by atoms with Crippen LogP contribution in [0.25, 0.3) is 5.95 Å². The highest BCUT2D eigenvalue weighted by Gasteiger charge is 2.12. The quantitative estimate of drug-likeness (QED) is 0.876. The van der Waals surface area contributed by atoms with E-state index in [1.54, 1.807) is 18.5 Å². The highest BCUT2D eigenvalue weighted by atomic mass is 16.5. The largest absolute Gasteiger partial charge is 0.460 e. The topological polar surface area (TPSA) is 91.7 Å². The number of aromatic nitrogens is 5. The Bertz CT molecular complexity index is 525. The molecule has 0 amide bonds. The first-order valence-corrected chi connectivity index (χ1v) is 6.23. The minimum Gasteiger partial charge on any atom is -0.460 e. The van der Waals surface area contributed by atoms with Crippen molar-refractivity contribution in [2.75, 3.05) is 5.73 Å². The van der Waals surface area contributed by atoms with Gasteiger partial charge < -0.3 is 10.5 Å². The molecule has 0 aliphatic rings. The summed E-state index contributed by atoms with van der Waals surface area (Å²) in [6, 6.07) is 2.01. The molecule has 2 N–H and O–H groups in total. The normalized spacial score (nSPS) is 12.6. The van der Waals surface area contributed by atoms with Gasteiger partial charge in [-0.2, -0.15) is 20.1 Å². The van der Waals surface area contributed by atoms with E-state index in [2.05, 4.69) is 33.9 Å². The van der Waals surface area contributed by atoms with Crippen LogP contribution in [-0.4, -0.2) is 30.8 Å². The predicted octanol–water partition coefficient (Wildman–Crippen LogP) is 1.45. The van der Waals surface area contributed by atoms with Crippen LogP contribution in [0.15, 0.2) is 18.5 Å². The van der Waals surface area contributed by atoms with E-state index >= 15 is 0 Å². The zero-order valence-electron chi connectivity index (χ0n) is 11.3. The number of nitrogens with zero attached hydrogens (tertiary/aromatic N) is 5. The maximum absolute atomic E-state index is 5.66. The van der Waals surface area contributed by atoms with E-state index in [1.807, 2.05) is 6.92 Å². The van der Waals surface area contributed by atoms with Crippen LogP contribution < -0.4 is 10.5 Å². The van der Waals surface area contributed by atoms with E-state index in [9.17, 15) is 0 Å². The molecule has 0 bridgehead atoms. The van der Waals surface area contributed by atoms with Crippen molar-refractivity contribution in [1.29, 1.82) is 0 Å². The second kappa shape index (κ2) is 5.64. The van der Waals surface area contributed by atoms with Gasteiger partial charge in [-0.15, -0.1) is 0 Å². The molecule has 0 saturated heterocycles. The van der Waals surface area contributed by atoms with Crippen molar-refractivity contribution in [3.05, 3.63) is 18.5 Å². The van der Waals surface area contributed by atoms with Crippen LogP contribution in [0, 0.1) is 5.92 Å². The molecule has 2 heterocycles. The lowest BCUT2D eigenvalue weighted by atomic mass is 10.1. The van der Waals surface area contributed by atoms with Crippen LogP contribution >= 0.6 is 0 Å². The lowest BCUT2D eigenvalue weighted by Gasteiger charge is -2.15. The molecule has 7 nitrogen and oxygen atoms in total. The molecule has 0 aliphatic carbocycles. The van der Waals surface area contributed by atoms with Crippen molar-refractivity contribution >= 4 is 5.95 Å². The Hall–Kier alpha value is -2.18. The summed E-state index contributed by atoms with van der Waals surface area (Å²) in [4.78, 5) is 12.2. The van der Waals surface area contributed by atoms with Gasteiger partial charge >= 0.3 is 6.01 Å². The second-order valence-corrected chi connectivity index (χ2v) is 4.78. The van der Waals surface area contributed by atoms with Crippen molar-refractivity contribution in [3.63, 3.8) is 0 Å². The van der Waals surface area contributed by atoms with E-state index in [-0.39, 0.29) is 18.1 Å². The molecule has 0 aromatic carbocycles. The highest BCUT2D eigenvalue weighted by molar-refractivity contribution is 5.24. The molecule has 1 atom stereocenters. The first-order chi connectivity index (χ1) is 9.04. The average Bonchev–Trinajstić information content (AvgIpc) is 2.79. The summed E-state index contributed by atoms with van der Waals surface area (Å²) in [5.74, 6) is 1.01. The molecule has 0 radical (unpaired) electrons. The SMILES string of the molecule is CC(C)CC(C)Oc1nc(N)nc(-n2cccn2)n1. The summed E-state index contributed by atoms with van der Waals surface area (Å²) in [7, 11) is 0. The summed E-state index contributed by atoms with van der Waals surface area (Å²) >= 11 is 0.